The summed E-state index contributed by atoms with van der Waals surface area (Å²) in [7, 11) is -0.347. The summed E-state index contributed by atoms with van der Waals surface area (Å²) in [6.07, 6.45) is 1.66. The second-order valence-corrected chi connectivity index (χ2v) is 6.08. The van der Waals surface area contributed by atoms with Gasteiger partial charge in [-0.15, -0.1) is 0 Å². The molecule has 2 heterocycles. The molecule has 7 nitrogen and oxygen atoms in total. The standard InChI is InChI=1S/C11H18N4O3S/c1-14(2)11-10(19(12,16)17)7-9(8-13-11)15-3-5-18-6-4-15/h7-8H,3-6H2,1-2H3,(H2,12,16,17). The summed E-state index contributed by atoms with van der Waals surface area (Å²) in [6.45, 7) is 2.68. The lowest BCUT2D eigenvalue weighted by molar-refractivity contribution is 0.122. The van der Waals surface area contributed by atoms with Crippen LogP contribution in [0.15, 0.2) is 17.2 Å². The van der Waals surface area contributed by atoms with Crippen LogP contribution in [0.5, 0.6) is 0 Å². The van der Waals surface area contributed by atoms with Crippen LogP contribution in [0.2, 0.25) is 0 Å². The zero-order valence-electron chi connectivity index (χ0n) is 11.0. The predicted molar refractivity (Wildman–Crippen MR) is 73.0 cm³/mol. The second-order valence-electron chi connectivity index (χ2n) is 4.55. The number of primary sulfonamides is 1. The molecular weight excluding hydrogens is 268 g/mol. The molecule has 1 aliphatic rings. The monoisotopic (exact) mass is 286 g/mol. The number of rotatable bonds is 3. The van der Waals surface area contributed by atoms with Gasteiger partial charge in [0.25, 0.3) is 0 Å². The molecule has 0 atom stereocenters. The molecule has 1 aliphatic heterocycles. The number of sulfonamides is 1. The van der Waals surface area contributed by atoms with Gasteiger partial charge in [0.1, 0.15) is 10.7 Å². The van der Waals surface area contributed by atoms with Crippen molar-refractivity contribution < 1.29 is 13.2 Å². The largest absolute Gasteiger partial charge is 0.378 e. The fraction of sp³-hybridized carbons (Fsp3) is 0.545. The normalized spacial score (nSPS) is 16.5. The molecule has 0 aliphatic carbocycles. The van der Waals surface area contributed by atoms with E-state index in [1.165, 1.54) is 0 Å². The van der Waals surface area contributed by atoms with Crippen LogP contribution < -0.4 is 14.9 Å². The Bertz CT molecular complexity index is 553. The molecule has 0 aromatic carbocycles. The Hall–Kier alpha value is -1.38. The molecule has 1 fully saturated rings. The number of morpholine rings is 1. The quantitative estimate of drug-likeness (QED) is 0.815. The van der Waals surface area contributed by atoms with Crippen molar-refractivity contribution >= 4 is 21.5 Å². The van der Waals surface area contributed by atoms with Gasteiger partial charge in [-0.1, -0.05) is 0 Å². The minimum absolute atomic E-state index is 0.0430. The van der Waals surface area contributed by atoms with Crippen LogP contribution in [-0.2, 0) is 14.8 Å². The van der Waals surface area contributed by atoms with Crippen LogP contribution in [0, 0.1) is 0 Å². The molecule has 1 aromatic rings. The fourth-order valence-electron chi connectivity index (χ4n) is 1.97. The highest BCUT2D eigenvalue weighted by molar-refractivity contribution is 7.89. The van der Waals surface area contributed by atoms with Crippen molar-refractivity contribution in [3.63, 3.8) is 0 Å². The summed E-state index contributed by atoms with van der Waals surface area (Å²) in [5, 5.41) is 5.26. The van der Waals surface area contributed by atoms with Gasteiger partial charge in [-0.25, -0.2) is 18.5 Å². The zero-order chi connectivity index (χ0) is 14.0. The minimum atomic E-state index is -3.80. The fourth-order valence-corrected chi connectivity index (χ4v) is 2.74. The minimum Gasteiger partial charge on any atom is -0.378 e. The molecule has 2 N–H and O–H groups in total. The molecule has 1 saturated heterocycles. The van der Waals surface area contributed by atoms with Crippen molar-refractivity contribution in [2.45, 2.75) is 4.90 Å². The smallest absolute Gasteiger partial charge is 0.241 e. The number of nitrogens with two attached hydrogens (primary N) is 1. The molecule has 0 spiro atoms. The maximum Gasteiger partial charge on any atom is 0.241 e. The first-order chi connectivity index (χ1) is 8.89. The van der Waals surface area contributed by atoms with E-state index < -0.39 is 10.0 Å². The van der Waals surface area contributed by atoms with E-state index in [0.717, 1.165) is 5.69 Å². The number of hydrogen-bond acceptors (Lipinski definition) is 6. The van der Waals surface area contributed by atoms with Crippen LogP contribution in [-0.4, -0.2) is 53.8 Å². The highest BCUT2D eigenvalue weighted by Crippen LogP contribution is 2.25. The van der Waals surface area contributed by atoms with Crippen molar-refractivity contribution in [3.05, 3.63) is 12.3 Å². The van der Waals surface area contributed by atoms with E-state index in [4.69, 9.17) is 9.88 Å². The van der Waals surface area contributed by atoms with Gasteiger partial charge in [-0.05, 0) is 6.07 Å². The van der Waals surface area contributed by atoms with E-state index in [2.05, 4.69) is 4.98 Å². The number of ether oxygens (including phenoxy) is 1. The number of pyridine rings is 1. The lowest BCUT2D eigenvalue weighted by Gasteiger charge is -2.29. The van der Waals surface area contributed by atoms with Gasteiger partial charge in [0.15, 0.2) is 0 Å². The van der Waals surface area contributed by atoms with Crippen molar-refractivity contribution in [1.29, 1.82) is 0 Å². The van der Waals surface area contributed by atoms with E-state index >= 15 is 0 Å². The van der Waals surface area contributed by atoms with E-state index in [-0.39, 0.29) is 4.90 Å². The molecule has 8 heteroatoms. The summed E-state index contributed by atoms with van der Waals surface area (Å²) in [5.41, 5.74) is 0.748. The lowest BCUT2D eigenvalue weighted by Crippen LogP contribution is -2.36. The van der Waals surface area contributed by atoms with Gasteiger partial charge >= 0.3 is 0 Å². The second kappa shape index (κ2) is 5.32. The van der Waals surface area contributed by atoms with Crippen LogP contribution in [0.25, 0.3) is 0 Å². The van der Waals surface area contributed by atoms with E-state index in [9.17, 15) is 8.42 Å². The van der Waals surface area contributed by atoms with Crippen molar-refractivity contribution in [2.75, 3.05) is 50.2 Å². The Balaban J connectivity index is 2.43. The average Bonchev–Trinajstić information content (AvgIpc) is 2.38. The van der Waals surface area contributed by atoms with Crippen molar-refractivity contribution in [1.82, 2.24) is 4.98 Å². The van der Waals surface area contributed by atoms with Gasteiger partial charge in [0.05, 0.1) is 25.1 Å². The van der Waals surface area contributed by atoms with Crippen molar-refractivity contribution in [2.24, 2.45) is 5.14 Å². The maximum atomic E-state index is 11.7. The summed E-state index contributed by atoms with van der Waals surface area (Å²) >= 11 is 0. The molecule has 0 bridgehead atoms. The summed E-state index contributed by atoms with van der Waals surface area (Å²) in [4.78, 5) is 7.91. The third-order valence-electron chi connectivity index (χ3n) is 2.92. The topological polar surface area (TPSA) is 88.8 Å². The average molecular weight is 286 g/mol. The molecule has 106 valence electrons. The number of nitrogens with zero attached hydrogens (tertiary/aromatic N) is 3. The van der Waals surface area contributed by atoms with Gasteiger partial charge in [-0.3, -0.25) is 0 Å². The van der Waals surface area contributed by atoms with Gasteiger partial charge in [-0.2, -0.15) is 0 Å². The Kier molecular flexibility index (Phi) is 3.93. The van der Waals surface area contributed by atoms with Gasteiger partial charge in [0.2, 0.25) is 10.0 Å². The molecular formula is C11H18N4O3S. The van der Waals surface area contributed by atoms with Crippen LogP contribution in [0.3, 0.4) is 0 Å². The molecule has 2 rings (SSSR count). The molecule has 0 unspecified atom stereocenters. The molecule has 1 aromatic heterocycles. The highest BCUT2D eigenvalue weighted by atomic mass is 32.2. The Morgan fingerprint density at radius 2 is 2.00 bits per heavy atom. The van der Waals surface area contributed by atoms with Gasteiger partial charge < -0.3 is 14.5 Å². The third kappa shape index (κ3) is 3.14. The first-order valence-corrected chi connectivity index (χ1v) is 7.47. The van der Waals surface area contributed by atoms with E-state index in [1.807, 2.05) is 4.90 Å². The molecule has 0 radical (unpaired) electrons. The predicted octanol–water partition coefficient (Wildman–Crippen LogP) is -0.368. The van der Waals surface area contributed by atoms with Crippen LogP contribution in [0.1, 0.15) is 0 Å². The number of aromatic nitrogens is 1. The molecule has 0 amide bonds. The SMILES string of the molecule is CN(C)c1ncc(N2CCOCC2)cc1S(N)(=O)=O. The number of anilines is 2. The first kappa shape index (κ1) is 14.0. The van der Waals surface area contributed by atoms with E-state index in [1.54, 1.807) is 31.3 Å². The first-order valence-electron chi connectivity index (χ1n) is 5.92. The summed E-state index contributed by atoms with van der Waals surface area (Å²) in [6, 6.07) is 1.57. The van der Waals surface area contributed by atoms with Crippen LogP contribution in [0.4, 0.5) is 11.5 Å². The van der Waals surface area contributed by atoms with E-state index in [0.29, 0.717) is 32.1 Å². The summed E-state index contributed by atoms with van der Waals surface area (Å²) in [5.74, 6) is 0.347. The van der Waals surface area contributed by atoms with Crippen molar-refractivity contribution in [3.8, 4) is 0 Å². The van der Waals surface area contributed by atoms with Crippen LogP contribution >= 0.6 is 0 Å². The third-order valence-corrected chi connectivity index (χ3v) is 3.84. The number of hydrogen-bond donors (Lipinski definition) is 1. The highest BCUT2D eigenvalue weighted by Gasteiger charge is 2.20. The molecule has 19 heavy (non-hydrogen) atoms. The Morgan fingerprint density at radius 3 is 2.53 bits per heavy atom. The van der Waals surface area contributed by atoms with Gasteiger partial charge in [0, 0.05) is 27.2 Å². The Morgan fingerprint density at radius 1 is 1.37 bits per heavy atom. The summed E-state index contributed by atoms with van der Waals surface area (Å²) < 4.78 is 28.6. The molecule has 0 saturated carbocycles. The Labute approximate surface area is 113 Å². The maximum absolute atomic E-state index is 11.7. The lowest BCUT2D eigenvalue weighted by atomic mass is 10.3. The zero-order valence-corrected chi connectivity index (χ0v) is 11.9.